The van der Waals surface area contributed by atoms with Crippen molar-refractivity contribution in [1.82, 2.24) is 0 Å². The summed E-state index contributed by atoms with van der Waals surface area (Å²) < 4.78 is 0. The third-order valence-electron chi connectivity index (χ3n) is 12.4. The van der Waals surface area contributed by atoms with Crippen molar-refractivity contribution in [3.8, 4) is 89.0 Å². The SMILES string of the molecule is Nc1cc2c(-c3cccc(-c4ccccc4)c3)c(-c3cccc(-c4ccccc4)c3)c(-c3cccc(-c4ccccc4)c3)c(-c3cccc(-c4ccccc4)c3)c2c2ccccc12. The van der Waals surface area contributed by atoms with Gasteiger partial charge in [-0.15, -0.1) is 0 Å². The molecule has 1 heteroatoms. The highest BCUT2D eigenvalue weighted by Crippen LogP contribution is 2.54. The lowest BCUT2D eigenvalue weighted by Crippen LogP contribution is -2.00. The van der Waals surface area contributed by atoms with Gasteiger partial charge < -0.3 is 5.73 Å². The number of nitrogens with two attached hydrogens (primary N) is 1. The summed E-state index contributed by atoms with van der Waals surface area (Å²) in [6, 6.07) is 90.1. The van der Waals surface area contributed by atoms with Gasteiger partial charge >= 0.3 is 0 Å². The van der Waals surface area contributed by atoms with Crippen LogP contribution in [-0.2, 0) is 0 Å². The Morgan fingerprint density at radius 1 is 0.190 bits per heavy atom. The number of benzene rings is 11. The minimum atomic E-state index is 0.755. The van der Waals surface area contributed by atoms with Crippen molar-refractivity contribution in [2.45, 2.75) is 0 Å². The molecule has 0 unspecified atom stereocenters. The summed E-state index contributed by atoms with van der Waals surface area (Å²) in [6.45, 7) is 0. The first-order chi connectivity index (χ1) is 31.2. The Kier molecular flexibility index (Phi) is 9.76. The highest BCUT2D eigenvalue weighted by molar-refractivity contribution is 6.27. The fraction of sp³-hybridized carbons (Fsp3) is 0. The van der Waals surface area contributed by atoms with Gasteiger partial charge in [-0.1, -0.05) is 218 Å². The summed E-state index contributed by atoms with van der Waals surface area (Å²) >= 11 is 0. The largest absolute Gasteiger partial charge is 0.398 e. The first kappa shape index (κ1) is 37.7. The maximum Gasteiger partial charge on any atom is 0.0400 e. The maximum atomic E-state index is 7.20. The number of hydrogen-bond donors (Lipinski definition) is 1. The summed E-state index contributed by atoms with van der Waals surface area (Å²) in [4.78, 5) is 0. The standard InChI is InChI=1S/C62H43N/c63-57-41-56-58(50-31-15-27-46(37-50)42-19-5-1-6-20-42)59(51-32-16-28-47(38-51)43-21-7-2-8-22-43)60(52-33-17-29-48(39-52)44-23-9-3-10-24-44)61(62(56)55-36-14-13-35-54(55)57)53-34-18-30-49(40-53)45-25-11-4-12-26-45/h1-41H,63H2. The molecule has 0 aliphatic rings. The van der Waals surface area contributed by atoms with Gasteiger partial charge in [0.05, 0.1) is 0 Å². The van der Waals surface area contributed by atoms with Crippen LogP contribution in [0.2, 0.25) is 0 Å². The predicted octanol–water partition coefficient (Wildman–Crippen LogP) is 16.9. The summed E-state index contributed by atoms with van der Waals surface area (Å²) in [7, 11) is 0. The molecule has 0 amide bonds. The monoisotopic (exact) mass is 801 g/mol. The molecule has 11 rings (SSSR count). The van der Waals surface area contributed by atoms with Crippen molar-refractivity contribution in [3.05, 3.63) is 249 Å². The van der Waals surface area contributed by atoms with Crippen molar-refractivity contribution in [2.75, 3.05) is 5.73 Å². The lowest BCUT2D eigenvalue weighted by Gasteiger charge is -2.26. The van der Waals surface area contributed by atoms with Crippen molar-refractivity contribution in [2.24, 2.45) is 0 Å². The molecule has 0 heterocycles. The normalized spacial score (nSPS) is 11.2. The molecule has 11 aromatic rings. The summed E-state index contributed by atoms with van der Waals surface area (Å²) in [5.41, 5.74) is 26.5. The van der Waals surface area contributed by atoms with Crippen LogP contribution in [0.4, 0.5) is 5.69 Å². The Morgan fingerprint density at radius 3 is 0.873 bits per heavy atom. The van der Waals surface area contributed by atoms with E-state index in [0.29, 0.717) is 0 Å². The highest BCUT2D eigenvalue weighted by atomic mass is 14.6. The van der Waals surface area contributed by atoms with E-state index in [2.05, 4.69) is 249 Å². The molecular weight excluding hydrogens is 759 g/mol. The zero-order chi connectivity index (χ0) is 42.1. The predicted molar refractivity (Wildman–Crippen MR) is 269 cm³/mol. The van der Waals surface area contributed by atoms with Crippen molar-refractivity contribution >= 4 is 27.2 Å². The Labute approximate surface area is 369 Å². The van der Waals surface area contributed by atoms with Gasteiger partial charge in [-0.3, -0.25) is 0 Å². The first-order valence-corrected chi connectivity index (χ1v) is 21.6. The Balaban J connectivity index is 1.36. The highest BCUT2D eigenvalue weighted by Gasteiger charge is 2.27. The Morgan fingerprint density at radius 2 is 0.476 bits per heavy atom. The molecule has 0 spiro atoms. The van der Waals surface area contributed by atoms with Crippen LogP contribution in [0, 0.1) is 0 Å². The van der Waals surface area contributed by atoms with E-state index in [0.717, 1.165) is 77.5 Å². The van der Waals surface area contributed by atoms with Crippen molar-refractivity contribution < 1.29 is 0 Å². The van der Waals surface area contributed by atoms with E-state index in [-0.39, 0.29) is 0 Å². The molecule has 11 aromatic carbocycles. The molecule has 0 aromatic heterocycles. The van der Waals surface area contributed by atoms with Gasteiger partial charge in [-0.25, -0.2) is 0 Å². The zero-order valence-electron chi connectivity index (χ0n) is 34.7. The Bertz CT molecular complexity index is 3430. The van der Waals surface area contributed by atoms with E-state index < -0.39 is 0 Å². The average molecular weight is 802 g/mol. The maximum absolute atomic E-state index is 7.20. The van der Waals surface area contributed by atoms with Gasteiger partial charge in [0, 0.05) is 11.1 Å². The van der Waals surface area contributed by atoms with E-state index in [4.69, 9.17) is 5.73 Å². The number of anilines is 1. The molecule has 0 saturated carbocycles. The van der Waals surface area contributed by atoms with Gasteiger partial charge in [0.2, 0.25) is 0 Å². The smallest absolute Gasteiger partial charge is 0.0400 e. The molecule has 0 aliphatic heterocycles. The van der Waals surface area contributed by atoms with Crippen LogP contribution >= 0.6 is 0 Å². The summed E-state index contributed by atoms with van der Waals surface area (Å²) in [5.74, 6) is 0. The number of nitrogen functional groups attached to an aromatic ring is 1. The van der Waals surface area contributed by atoms with E-state index in [1.807, 2.05) is 0 Å². The molecule has 2 N–H and O–H groups in total. The van der Waals surface area contributed by atoms with Crippen molar-refractivity contribution in [1.29, 1.82) is 0 Å². The second-order valence-corrected chi connectivity index (χ2v) is 16.2. The molecule has 63 heavy (non-hydrogen) atoms. The fourth-order valence-electron chi connectivity index (χ4n) is 9.48. The van der Waals surface area contributed by atoms with Crippen LogP contribution in [0.3, 0.4) is 0 Å². The van der Waals surface area contributed by atoms with Crippen LogP contribution in [0.25, 0.3) is 111 Å². The number of fused-ring (bicyclic) bond motifs is 3. The van der Waals surface area contributed by atoms with Gasteiger partial charge in [-0.2, -0.15) is 0 Å². The second kappa shape index (κ2) is 16.3. The van der Waals surface area contributed by atoms with Gasteiger partial charge in [-0.05, 0) is 136 Å². The van der Waals surface area contributed by atoms with Crippen LogP contribution < -0.4 is 5.73 Å². The lowest BCUT2D eigenvalue weighted by molar-refractivity contribution is 1.55. The Hall–Kier alpha value is -8.26. The lowest BCUT2D eigenvalue weighted by atomic mass is 9.76. The fourth-order valence-corrected chi connectivity index (χ4v) is 9.48. The van der Waals surface area contributed by atoms with E-state index in [9.17, 15) is 0 Å². The van der Waals surface area contributed by atoms with Gasteiger partial charge in [0.15, 0.2) is 0 Å². The van der Waals surface area contributed by atoms with E-state index in [1.54, 1.807) is 0 Å². The quantitative estimate of drug-likeness (QED) is 0.120. The zero-order valence-corrected chi connectivity index (χ0v) is 34.7. The van der Waals surface area contributed by atoms with Crippen LogP contribution in [0.1, 0.15) is 0 Å². The molecule has 296 valence electrons. The summed E-state index contributed by atoms with van der Waals surface area (Å²) in [6.07, 6.45) is 0. The summed E-state index contributed by atoms with van der Waals surface area (Å²) in [5, 5.41) is 4.45. The van der Waals surface area contributed by atoms with E-state index >= 15 is 0 Å². The molecule has 0 bridgehead atoms. The van der Waals surface area contributed by atoms with Crippen molar-refractivity contribution in [3.63, 3.8) is 0 Å². The topological polar surface area (TPSA) is 26.0 Å². The van der Waals surface area contributed by atoms with Crippen LogP contribution in [-0.4, -0.2) is 0 Å². The molecule has 0 radical (unpaired) electrons. The molecule has 0 saturated heterocycles. The molecule has 1 nitrogen and oxygen atoms in total. The van der Waals surface area contributed by atoms with Crippen LogP contribution in [0.15, 0.2) is 249 Å². The molecular formula is C62H43N. The first-order valence-electron chi connectivity index (χ1n) is 21.6. The van der Waals surface area contributed by atoms with Crippen LogP contribution in [0.5, 0.6) is 0 Å². The van der Waals surface area contributed by atoms with E-state index in [1.165, 1.54) is 38.8 Å². The van der Waals surface area contributed by atoms with Gasteiger partial charge in [0.1, 0.15) is 0 Å². The number of hydrogen-bond acceptors (Lipinski definition) is 1. The molecule has 0 atom stereocenters. The second-order valence-electron chi connectivity index (χ2n) is 16.2. The molecule has 0 aliphatic carbocycles. The minimum Gasteiger partial charge on any atom is -0.398 e. The average Bonchev–Trinajstić information content (AvgIpc) is 3.37. The van der Waals surface area contributed by atoms with Gasteiger partial charge in [0.25, 0.3) is 0 Å². The minimum absolute atomic E-state index is 0.755. The number of rotatable bonds is 8. The third-order valence-corrected chi connectivity index (χ3v) is 12.4. The molecule has 0 fully saturated rings. The third kappa shape index (κ3) is 7.06.